The van der Waals surface area contributed by atoms with E-state index in [0.29, 0.717) is 13.0 Å². The molecule has 0 rings (SSSR count). The Kier molecular flexibility index (Phi) is 47.4. The quantitative estimate of drug-likeness (QED) is 0.0232. The molecule has 3 atom stereocenters. The van der Waals surface area contributed by atoms with Gasteiger partial charge in [-0.3, -0.25) is 18.6 Å². The fourth-order valence-electron chi connectivity index (χ4n) is 7.02. The van der Waals surface area contributed by atoms with Crippen LogP contribution in [0.2, 0.25) is 0 Å². The van der Waals surface area contributed by atoms with Crippen LogP contribution >= 0.6 is 7.82 Å². The third-order valence-electron chi connectivity index (χ3n) is 11.0. The summed E-state index contributed by atoms with van der Waals surface area (Å²) >= 11 is 0. The number of carbonyl (C=O) groups excluding carboxylic acids is 1. The highest BCUT2D eigenvalue weighted by Gasteiger charge is 2.27. The van der Waals surface area contributed by atoms with E-state index in [1.165, 1.54) is 109 Å². The van der Waals surface area contributed by atoms with Crippen molar-refractivity contribution in [2.75, 3.05) is 26.4 Å². The van der Waals surface area contributed by atoms with Gasteiger partial charge >= 0.3 is 19.8 Å². The van der Waals surface area contributed by atoms with Gasteiger partial charge in [-0.05, 0) is 64.2 Å². The first-order chi connectivity index (χ1) is 31.7. The SMILES string of the molecule is CC/C=C\C/C=C\C/C=C\C/C=C\C/C=C\C/C=C\CCCCCCC(=O)OC(COCCCCCCCCCCCCCCCCCCCCCC)COP(=O)(O)OCC(N)C(=O)O. The van der Waals surface area contributed by atoms with Crippen molar-refractivity contribution < 1.29 is 42.7 Å². The Morgan fingerprint density at radius 1 is 0.508 bits per heavy atom. The topological polar surface area (TPSA) is 155 Å². The molecular formula is C54H96NO9P. The molecule has 376 valence electrons. The number of nitrogens with two attached hydrogens (primary N) is 1. The van der Waals surface area contributed by atoms with E-state index in [1.807, 2.05) is 0 Å². The van der Waals surface area contributed by atoms with Crippen molar-refractivity contribution in [2.45, 2.75) is 231 Å². The van der Waals surface area contributed by atoms with E-state index in [2.05, 4.69) is 86.8 Å². The van der Waals surface area contributed by atoms with E-state index in [4.69, 9.17) is 29.4 Å². The summed E-state index contributed by atoms with van der Waals surface area (Å²) in [5.74, 6) is -1.80. The van der Waals surface area contributed by atoms with E-state index in [9.17, 15) is 19.0 Å². The number of allylic oxidation sites excluding steroid dienone is 12. The molecule has 10 nitrogen and oxygen atoms in total. The number of unbranched alkanes of at least 4 members (excludes halogenated alkanes) is 23. The molecule has 0 aliphatic heterocycles. The van der Waals surface area contributed by atoms with Gasteiger partial charge in [0.15, 0.2) is 0 Å². The lowest BCUT2D eigenvalue weighted by Crippen LogP contribution is -2.34. The van der Waals surface area contributed by atoms with Gasteiger partial charge in [0.05, 0.1) is 19.8 Å². The Hall–Kier alpha value is -2.59. The zero-order valence-corrected chi connectivity index (χ0v) is 42.2. The number of phosphoric ester groups is 1. The monoisotopic (exact) mass is 934 g/mol. The fourth-order valence-corrected chi connectivity index (χ4v) is 7.80. The summed E-state index contributed by atoms with van der Waals surface area (Å²) < 4.78 is 33.5. The van der Waals surface area contributed by atoms with Crippen LogP contribution in [0.25, 0.3) is 0 Å². The Bertz CT molecular complexity index is 1310. The predicted octanol–water partition coefficient (Wildman–Crippen LogP) is 15.3. The lowest BCUT2D eigenvalue weighted by molar-refractivity contribution is -0.154. The molecule has 0 aliphatic rings. The van der Waals surface area contributed by atoms with Gasteiger partial charge in [-0.1, -0.05) is 222 Å². The fraction of sp³-hybridized carbons (Fsp3) is 0.741. The van der Waals surface area contributed by atoms with Crippen LogP contribution in [-0.4, -0.2) is 60.5 Å². The Morgan fingerprint density at radius 2 is 0.892 bits per heavy atom. The molecule has 0 aromatic carbocycles. The van der Waals surface area contributed by atoms with Crippen LogP contribution in [0.5, 0.6) is 0 Å². The molecule has 0 saturated carbocycles. The lowest BCUT2D eigenvalue weighted by atomic mass is 10.0. The Labute approximate surface area is 397 Å². The van der Waals surface area contributed by atoms with Crippen LogP contribution < -0.4 is 5.73 Å². The van der Waals surface area contributed by atoms with Crippen LogP contribution in [0.1, 0.15) is 219 Å². The first kappa shape index (κ1) is 62.4. The van der Waals surface area contributed by atoms with Gasteiger partial charge < -0.3 is 25.2 Å². The highest BCUT2D eigenvalue weighted by molar-refractivity contribution is 7.47. The number of carboxylic acids is 1. The van der Waals surface area contributed by atoms with Crippen LogP contribution in [0.4, 0.5) is 0 Å². The molecule has 4 N–H and O–H groups in total. The first-order valence-corrected chi connectivity index (χ1v) is 27.5. The first-order valence-electron chi connectivity index (χ1n) is 26.0. The number of hydrogen-bond acceptors (Lipinski definition) is 8. The van der Waals surface area contributed by atoms with Crippen molar-refractivity contribution in [1.82, 2.24) is 0 Å². The number of carboxylic acid groups (broad SMARTS) is 1. The van der Waals surface area contributed by atoms with Crippen LogP contribution in [0, 0.1) is 0 Å². The summed E-state index contributed by atoms with van der Waals surface area (Å²) in [7, 11) is -4.63. The highest BCUT2D eigenvalue weighted by Crippen LogP contribution is 2.43. The summed E-state index contributed by atoms with van der Waals surface area (Å²) in [5.41, 5.74) is 5.38. The molecule has 0 amide bonds. The number of carbonyl (C=O) groups is 2. The van der Waals surface area contributed by atoms with Crippen LogP contribution in [0.3, 0.4) is 0 Å². The highest BCUT2D eigenvalue weighted by atomic mass is 31.2. The Balaban J connectivity index is 4.20. The zero-order valence-electron chi connectivity index (χ0n) is 41.3. The number of rotatable bonds is 49. The molecule has 0 bridgehead atoms. The number of esters is 1. The predicted molar refractivity (Wildman–Crippen MR) is 272 cm³/mol. The minimum Gasteiger partial charge on any atom is -0.480 e. The average molecular weight is 934 g/mol. The van der Waals surface area contributed by atoms with E-state index >= 15 is 0 Å². The molecule has 0 fully saturated rings. The summed E-state index contributed by atoms with van der Waals surface area (Å²) in [6, 6.07) is -1.48. The molecule has 0 aliphatic carbocycles. The lowest BCUT2D eigenvalue weighted by Gasteiger charge is -2.20. The zero-order chi connectivity index (χ0) is 47.6. The third-order valence-corrected chi connectivity index (χ3v) is 12.0. The van der Waals surface area contributed by atoms with Crippen molar-refractivity contribution in [3.63, 3.8) is 0 Å². The summed E-state index contributed by atoms with van der Waals surface area (Å²) in [4.78, 5) is 33.7. The van der Waals surface area contributed by atoms with Crippen molar-refractivity contribution in [3.8, 4) is 0 Å². The minimum absolute atomic E-state index is 0.00542. The average Bonchev–Trinajstić information content (AvgIpc) is 3.29. The normalized spacial score (nSPS) is 14.3. The summed E-state index contributed by atoms with van der Waals surface area (Å²) in [6.07, 6.45) is 62.4. The van der Waals surface area contributed by atoms with Crippen LogP contribution in [-0.2, 0) is 32.7 Å². The van der Waals surface area contributed by atoms with Crippen LogP contribution in [0.15, 0.2) is 72.9 Å². The number of ether oxygens (including phenoxy) is 2. The molecule has 3 unspecified atom stereocenters. The molecule has 0 aromatic heterocycles. The molecule has 0 radical (unpaired) electrons. The second-order valence-corrected chi connectivity index (χ2v) is 18.7. The number of phosphoric acid groups is 1. The summed E-state index contributed by atoms with van der Waals surface area (Å²) in [5, 5.41) is 8.93. The third kappa shape index (κ3) is 49.1. The molecule has 0 heterocycles. The maximum atomic E-state index is 12.7. The molecule has 65 heavy (non-hydrogen) atoms. The summed E-state index contributed by atoms with van der Waals surface area (Å²) in [6.45, 7) is 3.76. The van der Waals surface area contributed by atoms with Crippen molar-refractivity contribution in [2.24, 2.45) is 5.73 Å². The van der Waals surface area contributed by atoms with Gasteiger partial charge in [0, 0.05) is 13.0 Å². The second-order valence-electron chi connectivity index (χ2n) is 17.3. The van der Waals surface area contributed by atoms with Gasteiger partial charge in [-0.15, -0.1) is 0 Å². The maximum Gasteiger partial charge on any atom is 0.472 e. The largest absolute Gasteiger partial charge is 0.480 e. The van der Waals surface area contributed by atoms with Gasteiger partial charge in [0.25, 0.3) is 0 Å². The van der Waals surface area contributed by atoms with Gasteiger partial charge in [0.2, 0.25) is 0 Å². The van der Waals surface area contributed by atoms with E-state index < -0.39 is 45.1 Å². The molecule has 0 aromatic rings. The van der Waals surface area contributed by atoms with Gasteiger partial charge in [0.1, 0.15) is 12.1 Å². The van der Waals surface area contributed by atoms with E-state index in [1.54, 1.807) is 0 Å². The van der Waals surface area contributed by atoms with Crippen molar-refractivity contribution in [3.05, 3.63) is 72.9 Å². The molecule has 0 saturated heterocycles. The minimum atomic E-state index is -4.63. The molecule has 0 spiro atoms. The molecule has 11 heteroatoms. The second kappa shape index (κ2) is 49.3. The Morgan fingerprint density at radius 3 is 1.34 bits per heavy atom. The van der Waals surface area contributed by atoms with Crippen molar-refractivity contribution >= 4 is 19.8 Å². The van der Waals surface area contributed by atoms with E-state index in [-0.39, 0.29) is 13.0 Å². The maximum absolute atomic E-state index is 12.7. The number of aliphatic carboxylic acids is 1. The smallest absolute Gasteiger partial charge is 0.472 e. The van der Waals surface area contributed by atoms with Gasteiger partial charge in [-0.25, -0.2) is 4.57 Å². The van der Waals surface area contributed by atoms with E-state index in [0.717, 1.165) is 83.5 Å². The number of hydrogen-bond donors (Lipinski definition) is 3. The van der Waals surface area contributed by atoms with Crippen molar-refractivity contribution in [1.29, 1.82) is 0 Å². The standard InChI is InChI=1S/C54H96NO9P/c1-3-5-7-9-11-13-15-17-19-21-23-25-26-27-28-30-32-34-36-38-40-42-44-46-53(56)64-51(49-62-65(59,60)63-50-52(55)54(57)58)48-61-47-45-43-41-39-37-35-33-31-29-24-22-20-18-16-14-12-10-8-6-4-2/h5,7,11,13,17,19,23,25,27-28,32,34,51-52H,3-4,6,8-10,12,14-16,18,20-22,24,26,29-31,33,35-50,55H2,1-2H3,(H,57,58)(H,59,60)/b7-5-,13-11-,19-17-,25-23-,28-27-,34-32-. The molecular weight excluding hydrogens is 838 g/mol. The van der Waals surface area contributed by atoms with Gasteiger partial charge in [-0.2, -0.15) is 0 Å².